The topological polar surface area (TPSA) is 59.2 Å². The molecule has 0 spiro atoms. The maximum Gasteiger partial charge on any atom is 0.155 e. The van der Waals surface area contributed by atoms with Crippen LogP contribution in [-0.4, -0.2) is 15.1 Å². The van der Waals surface area contributed by atoms with Gasteiger partial charge in [0, 0.05) is 6.20 Å². The van der Waals surface area contributed by atoms with Crippen LogP contribution in [-0.2, 0) is 0 Å². The maximum absolute atomic E-state index is 9.85. The van der Waals surface area contributed by atoms with Crippen molar-refractivity contribution in [3.63, 3.8) is 0 Å². The molecule has 0 aliphatic heterocycles. The number of aliphatic hydroxyl groups is 1. The van der Waals surface area contributed by atoms with Crippen molar-refractivity contribution in [2.45, 2.75) is 6.10 Å². The molecule has 0 saturated heterocycles. The van der Waals surface area contributed by atoms with Gasteiger partial charge in [0.1, 0.15) is 6.33 Å². The van der Waals surface area contributed by atoms with Gasteiger partial charge in [-0.05, 0) is 28.1 Å². The number of hydrogen-bond donors (Lipinski definition) is 1. The molecule has 2 aromatic rings. The summed E-state index contributed by atoms with van der Waals surface area (Å²) in [4.78, 5) is 7.70. The number of furan rings is 1. The number of halogens is 1. The molecule has 0 amide bonds. The fraction of sp³-hybridized carbons (Fsp3) is 0.111. The van der Waals surface area contributed by atoms with E-state index in [1.54, 1.807) is 18.3 Å². The lowest BCUT2D eigenvalue weighted by atomic mass is 10.2. The van der Waals surface area contributed by atoms with Gasteiger partial charge in [0.15, 0.2) is 11.9 Å². The first-order valence-corrected chi connectivity index (χ1v) is 4.75. The summed E-state index contributed by atoms with van der Waals surface area (Å²) < 4.78 is 5.85. The summed E-state index contributed by atoms with van der Waals surface area (Å²) in [5, 5.41) is 9.85. The highest BCUT2D eigenvalue weighted by molar-refractivity contribution is 9.10. The Labute approximate surface area is 88.7 Å². The Morgan fingerprint density at radius 1 is 1.43 bits per heavy atom. The third-order valence-corrected chi connectivity index (χ3v) is 2.43. The molecule has 0 radical (unpaired) electrons. The Bertz CT molecular complexity index is 416. The first-order valence-electron chi connectivity index (χ1n) is 3.96. The highest BCUT2D eigenvalue weighted by atomic mass is 79.9. The van der Waals surface area contributed by atoms with Crippen LogP contribution < -0.4 is 0 Å². The second kappa shape index (κ2) is 3.89. The van der Waals surface area contributed by atoms with E-state index in [0.717, 1.165) is 4.47 Å². The van der Waals surface area contributed by atoms with Crippen molar-refractivity contribution in [3.05, 3.63) is 46.8 Å². The SMILES string of the molecule is OC(c1ccncn1)c1occc1Br. The molecule has 72 valence electrons. The monoisotopic (exact) mass is 254 g/mol. The lowest BCUT2D eigenvalue weighted by molar-refractivity contribution is 0.183. The van der Waals surface area contributed by atoms with Gasteiger partial charge in [0.2, 0.25) is 0 Å². The van der Waals surface area contributed by atoms with Crippen molar-refractivity contribution in [1.82, 2.24) is 9.97 Å². The first kappa shape index (κ1) is 9.36. The average Bonchev–Trinajstić information content (AvgIpc) is 2.65. The lowest BCUT2D eigenvalue weighted by Crippen LogP contribution is -2.01. The summed E-state index contributed by atoms with van der Waals surface area (Å²) in [5.74, 6) is 0.448. The maximum atomic E-state index is 9.85. The second-order valence-electron chi connectivity index (χ2n) is 2.67. The van der Waals surface area contributed by atoms with E-state index < -0.39 is 6.10 Å². The number of nitrogens with zero attached hydrogens (tertiary/aromatic N) is 2. The van der Waals surface area contributed by atoms with E-state index >= 15 is 0 Å². The predicted octanol–water partition coefficient (Wildman–Crippen LogP) is 1.91. The molecular formula is C9H7BrN2O2. The van der Waals surface area contributed by atoms with Gasteiger partial charge in [-0.1, -0.05) is 0 Å². The Balaban J connectivity index is 2.34. The second-order valence-corrected chi connectivity index (χ2v) is 3.52. The highest BCUT2D eigenvalue weighted by Gasteiger charge is 2.17. The summed E-state index contributed by atoms with van der Waals surface area (Å²) in [6.45, 7) is 0. The fourth-order valence-corrected chi connectivity index (χ4v) is 1.52. The van der Waals surface area contributed by atoms with Crippen molar-refractivity contribution in [3.8, 4) is 0 Å². The largest absolute Gasteiger partial charge is 0.465 e. The van der Waals surface area contributed by atoms with Crippen LogP contribution in [0.25, 0.3) is 0 Å². The smallest absolute Gasteiger partial charge is 0.155 e. The van der Waals surface area contributed by atoms with E-state index in [4.69, 9.17) is 4.42 Å². The van der Waals surface area contributed by atoms with Crippen LogP contribution in [0.2, 0.25) is 0 Å². The summed E-state index contributed by atoms with van der Waals surface area (Å²) in [7, 11) is 0. The fourth-order valence-electron chi connectivity index (χ4n) is 1.10. The molecule has 1 atom stereocenters. The molecule has 5 heteroatoms. The Hall–Kier alpha value is -1.20. The van der Waals surface area contributed by atoms with Gasteiger partial charge >= 0.3 is 0 Å². The van der Waals surface area contributed by atoms with Crippen LogP contribution >= 0.6 is 15.9 Å². The summed E-state index contributed by atoms with van der Waals surface area (Å²) in [6.07, 6.45) is 3.60. The predicted molar refractivity (Wildman–Crippen MR) is 52.5 cm³/mol. The van der Waals surface area contributed by atoms with Crippen LogP contribution in [0.3, 0.4) is 0 Å². The molecule has 14 heavy (non-hydrogen) atoms. The standard InChI is InChI=1S/C9H7BrN2O2/c10-6-2-4-14-9(6)8(13)7-1-3-11-5-12-7/h1-5,8,13H. The molecule has 4 nitrogen and oxygen atoms in total. The van der Waals surface area contributed by atoms with E-state index in [1.165, 1.54) is 12.6 Å². The van der Waals surface area contributed by atoms with Crippen LogP contribution in [0.4, 0.5) is 0 Å². The van der Waals surface area contributed by atoms with Crippen LogP contribution in [0.5, 0.6) is 0 Å². The Kier molecular flexibility index (Phi) is 2.60. The van der Waals surface area contributed by atoms with Gasteiger partial charge in [0.05, 0.1) is 16.4 Å². The number of hydrogen-bond acceptors (Lipinski definition) is 4. The number of aliphatic hydroxyl groups excluding tert-OH is 1. The van der Waals surface area contributed by atoms with Gasteiger partial charge in [-0.2, -0.15) is 0 Å². The first-order chi connectivity index (χ1) is 6.79. The molecule has 1 N–H and O–H groups in total. The molecule has 2 rings (SSSR count). The lowest BCUT2D eigenvalue weighted by Gasteiger charge is -2.06. The normalized spacial score (nSPS) is 12.7. The van der Waals surface area contributed by atoms with Crippen molar-refractivity contribution in [2.24, 2.45) is 0 Å². The van der Waals surface area contributed by atoms with Gasteiger partial charge in [-0.3, -0.25) is 0 Å². The van der Waals surface area contributed by atoms with E-state index in [-0.39, 0.29) is 0 Å². The van der Waals surface area contributed by atoms with Gasteiger partial charge in [-0.15, -0.1) is 0 Å². The minimum absolute atomic E-state index is 0.448. The van der Waals surface area contributed by atoms with Crippen LogP contribution in [0.1, 0.15) is 17.6 Å². The zero-order valence-corrected chi connectivity index (χ0v) is 8.68. The molecule has 0 bridgehead atoms. The number of aromatic nitrogens is 2. The molecule has 2 aromatic heterocycles. The van der Waals surface area contributed by atoms with Crippen molar-refractivity contribution >= 4 is 15.9 Å². The summed E-state index contributed by atoms with van der Waals surface area (Å²) >= 11 is 3.27. The molecular weight excluding hydrogens is 248 g/mol. The van der Waals surface area contributed by atoms with Crippen molar-refractivity contribution in [2.75, 3.05) is 0 Å². The van der Waals surface area contributed by atoms with Crippen LogP contribution in [0.15, 0.2) is 39.8 Å². The highest BCUT2D eigenvalue weighted by Crippen LogP contribution is 2.27. The third-order valence-electron chi connectivity index (χ3n) is 1.78. The molecule has 1 unspecified atom stereocenters. The van der Waals surface area contributed by atoms with Crippen LogP contribution in [0, 0.1) is 0 Å². The molecule has 0 saturated carbocycles. The van der Waals surface area contributed by atoms with Crippen molar-refractivity contribution < 1.29 is 9.52 Å². The summed E-state index contributed by atoms with van der Waals surface area (Å²) in [6, 6.07) is 3.36. The molecule has 0 aliphatic carbocycles. The average molecular weight is 255 g/mol. The van der Waals surface area contributed by atoms with E-state index in [9.17, 15) is 5.11 Å². The quantitative estimate of drug-likeness (QED) is 0.890. The molecule has 0 fully saturated rings. The number of rotatable bonds is 2. The minimum atomic E-state index is -0.859. The third kappa shape index (κ3) is 1.69. The molecule has 0 aromatic carbocycles. The zero-order valence-electron chi connectivity index (χ0n) is 7.09. The Morgan fingerprint density at radius 2 is 2.29 bits per heavy atom. The minimum Gasteiger partial charge on any atom is -0.465 e. The van der Waals surface area contributed by atoms with E-state index in [0.29, 0.717) is 11.5 Å². The van der Waals surface area contributed by atoms with E-state index in [2.05, 4.69) is 25.9 Å². The van der Waals surface area contributed by atoms with Crippen molar-refractivity contribution in [1.29, 1.82) is 0 Å². The van der Waals surface area contributed by atoms with Gasteiger partial charge < -0.3 is 9.52 Å². The summed E-state index contributed by atoms with van der Waals surface area (Å²) in [5.41, 5.74) is 0.510. The van der Waals surface area contributed by atoms with Gasteiger partial charge in [0.25, 0.3) is 0 Å². The Morgan fingerprint density at radius 3 is 2.86 bits per heavy atom. The zero-order chi connectivity index (χ0) is 9.97. The molecule has 0 aliphatic rings. The van der Waals surface area contributed by atoms with Gasteiger partial charge in [-0.25, -0.2) is 9.97 Å². The van der Waals surface area contributed by atoms with E-state index in [1.807, 2.05) is 0 Å². The molecule has 2 heterocycles.